The number of hydrogen-bond donors (Lipinski definition) is 1. The highest BCUT2D eigenvalue weighted by Gasteiger charge is 2.12. The number of imidazole rings is 1. The quantitative estimate of drug-likeness (QED) is 0.745. The number of fused-ring (bicyclic) bond motifs is 1. The minimum atomic E-state index is 0.717. The number of nitrogens with two attached hydrogens (primary N) is 1. The Morgan fingerprint density at radius 3 is 2.67 bits per heavy atom. The van der Waals surface area contributed by atoms with Crippen LogP contribution in [0.15, 0.2) is 47.1 Å². The third-order valence-corrected chi connectivity index (χ3v) is 3.57. The fourth-order valence-corrected chi connectivity index (χ4v) is 2.65. The SMILES string of the molecule is Cc1c(-c2ccccc2)nc2c(Br)cc(N)cn12. The molecule has 0 aliphatic heterocycles. The molecule has 0 saturated heterocycles. The van der Waals surface area contributed by atoms with Crippen LogP contribution in [0.25, 0.3) is 16.9 Å². The molecule has 0 aliphatic carbocycles. The monoisotopic (exact) mass is 301 g/mol. The third-order valence-electron chi connectivity index (χ3n) is 2.98. The molecule has 3 nitrogen and oxygen atoms in total. The lowest BCUT2D eigenvalue weighted by Crippen LogP contribution is -1.93. The van der Waals surface area contributed by atoms with Gasteiger partial charge in [-0.2, -0.15) is 0 Å². The average molecular weight is 302 g/mol. The van der Waals surface area contributed by atoms with Crippen LogP contribution >= 0.6 is 15.9 Å². The van der Waals surface area contributed by atoms with Crippen LogP contribution in [-0.2, 0) is 0 Å². The molecular weight excluding hydrogens is 290 g/mol. The van der Waals surface area contributed by atoms with Gasteiger partial charge in [-0.05, 0) is 28.9 Å². The van der Waals surface area contributed by atoms with Crippen LogP contribution in [0.2, 0.25) is 0 Å². The summed E-state index contributed by atoms with van der Waals surface area (Å²) in [4.78, 5) is 4.68. The van der Waals surface area contributed by atoms with Gasteiger partial charge in [-0.1, -0.05) is 30.3 Å². The van der Waals surface area contributed by atoms with Gasteiger partial charge in [0.05, 0.1) is 10.2 Å². The third kappa shape index (κ3) is 1.69. The Labute approximate surface area is 113 Å². The number of hydrogen-bond acceptors (Lipinski definition) is 2. The Morgan fingerprint density at radius 2 is 1.94 bits per heavy atom. The van der Waals surface area contributed by atoms with E-state index in [4.69, 9.17) is 5.73 Å². The summed E-state index contributed by atoms with van der Waals surface area (Å²) in [5.74, 6) is 0. The number of aromatic nitrogens is 2. The maximum atomic E-state index is 5.86. The van der Waals surface area contributed by atoms with E-state index in [-0.39, 0.29) is 0 Å². The van der Waals surface area contributed by atoms with Crippen molar-refractivity contribution in [2.24, 2.45) is 0 Å². The molecule has 2 heterocycles. The van der Waals surface area contributed by atoms with E-state index in [0.717, 1.165) is 32.8 Å². The van der Waals surface area contributed by atoms with Gasteiger partial charge >= 0.3 is 0 Å². The molecular formula is C14H12BrN3. The molecule has 1 aromatic carbocycles. The van der Waals surface area contributed by atoms with Crippen LogP contribution < -0.4 is 5.73 Å². The summed E-state index contributed by atoms with van der Waals surface area (Å²) >= 11 is 3.50. The zero-order valence-corrected chi connectivity index (χ0v) is 11.5. The van der Waals surface area contributed by atoms with E-state index in [2.05, 4.69) is 33.0 Å². The lowest BCUT2D eigenvalue weighted by Gasteiger charge is -2.01. The zero-order valence-electron chi connectivity index (χ0n) is 9.89. The van der Waals surface area contributed by atoms with Gasteiger partial charge in [0.25, 0.3) is 0 Å². The van der Waals surface area contributed by atoms with Gasteiger partial charge in [0.1, 0.15) is 0 Å². The Morgan fingerprint density at radius 1 is 1.22 bits per heavy atom. The maximum absolute atomic E-state index is 5.86. The van der Waals surface area contributed by atoms with Crippen molar-refractivity contribution in [1.29, 1.82) is 0 Å². The smallest absolute Gasteiger partial charge is 0.152 e. The van der Waals surface area contributed by atoms with Crippen LogP contribution in [0.1, 0.15) is 5.69 Å². The predicted octanol–water partition coefficient (Wildman–Crippen LogP) is 3.65. The Balaban J connectivity index is 2.33. The van der Waals surface area contributed by atoms with Crippen molar-refractivity contribution in [2.75, 3.05) is 5.73 Å². The second-order valence-corrected chi connectivity index (χ2v) is 5.08. The highest BCUT2D eigenvalue weighted by Crippen LogP contribution is 2.28. The molecule has 90 valence electrons. The molecule has 0 aliphatic rings. The molecule has 0 radical (unpaired) electrons. The number of benzene rings is 1. The first-order chi connectivity index (χ1) is 8.66. The molecule has 0 bridgehead atoms. The van der Waals surface area contributed by atoms with Gasteiger partial charge in [-0.3, -0.25) is 0 Å². The summed E-state index contributed by atoms with van der Waals surface area (Å²) < 4.78 is 2.93. The van der Waals surface area contributed by atoms with Crippen molar-refractivity contribution >= 4 is 27.3 Å². The summed E-state index contributed by atoms with van der Waals surface area (Å²) in [6, 6.07) is 12.0. The van der Waals surface area contributed by atoms with Crippen LogP contribution in [0, 0.1) is 6.92 Å². The first-order valence-electron chi connectivity index (χ1n) is 5.66. The van der Waals surface area contributed by atoms with Gasteiger partial charge in [-0.25, -0.2) is 4.98 Å². The predicted molar refractivity (Wildman–Crippen MR) is 77.5 cm³/mol. The van der Waals surface area contributed by atoms with Gasteiger partial charge < -0.3 is 10.1 Å². The Kier molecular flexibility index (Phi) is 2.59. The fourth-order valence-electron chi connectivity index (χ4n) is 2.11. The lowest BCUT2D eigenvalue weighted by molar-refractivity contribution is 1.11. The average Bonchev–Trinajstić information content (AvgIpc) is 2.69. The fraction of sp³-hybridized carbons (Fsp3) is 0.0714. The first-order valence-corrected chi connectivity index (χ1v) is 6.45. The Hall–Kier alpha value is -1.81. The molecule has 4 heteroatoms. The molecule has 2 N–H and O–H groups in total. The second kappa shape index (κ2) is 4.14. The topological polar surface area (TPSA) is 43.3 Å². The second-order valence-electron chi connectivity index (χ2n) is 4.23. The lowest BCUT2D eigenvalue weighted by atomic mass is 10.1. The van der Waals surface area contributed by atoms with Crippen molar-refractivity contribution in [3.8, 4) is 11.3 Å². The van der Waals surface area contributed by atoms with Crippen molar-refractivity contribution in [1.82, 2.24) is 9.38 Å². The van der Waals surface area contributed by atoms with Crippen molar-refractivity contribution in [2.45, 2.75) is 6.92 Å². The van der Waals surface area contributed by atoms with Crippen LogP contribution in [-0.4, -0.2) is 9.38 Å². The number of halogens is 1. The van der Waals surface area contributed by atoms with E-state index in [1.807, 2.05) is 41.8 Å². The molecule has 18 heavy (non-hydrogen) atoms. The normalized spacial score (nSPS) is 11.0. The van der Waals surface area contributed by atoms with Crippen LogP contribution in [0.5, 0.6) is 0 Å². The molecule has 0 spiro atoms. The summed E-state index contributed by atoms with van der Waals surface area (Å²) in [5, 5.41) is 0. The molecule has 3 rings (SSSR count). The van der Waals surface area contributed by atoms with Crippen molar-refractivity contribution in [3.05, 3.63) is 52.8 Å². The summed E-state index contributed by atoms with van der Waals surface area (Å²) in [6.45, 7) is 2.05. The van der Waals surface area contributed by atoms with Gasteiger partial charge in [-0.15, -0.1) is 0 Å². The highest BCUT2D eigenvalue weighted by molar-refractivity contribution is 9.10. The molecule has 0 unspecified atom stereocenters. The minimum Gasteiger partial charge on any atom is -0.397 e. The summed E-state index contributed by atoms with van der Waals surface area (Å²) in [7, 11) is 0. The molecule has 0 amide bonds. The molecule has 3 aromatic rings. The maximum Gasteiger partial charge on any atom is 0.152 e. The number of anilines is 1. The Bertz CT molecular complexity index is 717. The first kappa shape index (κ1) is 11.3. The van der Waals surface area contributed by atoms with Gasteiger partial charge in [0.2, 0.25) is 0 Å². The van der Waals surface area contributed by atoms with Crippen LogP contribution in [0.3, 0.4) is 0 Å². The summed E-state index contributed by atoms with van der Waals surface area (Å²) in [5.41, 5.74) is 10.7. The van der Waals surface area contributed by atoms with E-state index >= 15 is 0 Å². The molecule has 2 aromatic heterocycles. The number of aryl methyl sites for hydroxylation is 1. The molecule has 0 fully saturated rings. The molecule has 0 atom stereocenters. The number of rotatable bonds is 1. The highest BCUT2D eigenvalue weighted by atomic mass is 79.9. The largest absolute Gasteiger partial charge is 0.397 e. The van der Waals surface area contributed by atoms with E-state index in [1.165, 1.54) is 0 Å². The van der Waals surface area contributed by atoms with E-state index in [9.17, 15) is 0 Å². The van der Waals surface area contributed by atoms with Crippen molar-refractivity contribution < 1.29 is 0 Å². The zero-order chi connectivity index (χ0) is 12.7. The van der Waals surface area contributed by atoms with E-state index in [0.29, 0.717) is 0 Å². The van der Waals surface area contributed by atoms with E-state index < -0.39 is 0 Å². The van der Waals surface area contributed by atoms with Gasteiger partial charge in [0, 0.05) is 23.1 Å². The van der Waals surface area contributed by atoms with Crippen LogP contribution in [0.4, 0.5) is 5.69 Å². The molecule has 0 saturated carbocycles. The number of pyridine rings is 1. The number of nitrogen functional groups attached to an aromatic ring is 1. The van der Waals surface area contributed by atoms with Gasteiger partial charge in [0.15, 0.2) is 5.65 Å². The standard InChI is InChI=1S/C14H12BrN3/c1-9-13(10-5-3-2-4-6-10)17-14-12(15)7-11(16)8-18(9)14/h2-8H,16H2,1H3. The van der Waals surface area contributed by atoms with E-state index in [1.54, 1.807) is 0 Å². The van der Waals surface area contributed by atoms with Crippen molar-refractivity contribution in [3.63, 3.8) is 0 Å². The number of nitrogens with zero attached hydrogens (tertiary/aromatic N) is 2. The minimum absolute atomic E-state index is 0.717. The summed E-state index contributed by atoms with van der Waals surface area (Å²) in [6.07, 6.45) is 1.90.